The summed E-state index contributed by atoms with van der Waals surface area (Å²) < 4.78 is 0. The summed E-state index contributed by atoms with van der Waals surface area (Å²) in [6.07, 6.45) is 3.40. The van der Waals surface area contributed by atoms with Gasteiger partial charge in [0.15, 0.2) is 0 Å². The standard InChI is InChI=1S/C14H20N2/c1-11(2)6-8-16-9-7-12-4-3-5-14(15)13(12)10-16/h3-6H,7-10,15H2,1-2H3. The summed E-state index contributed by atoms with van der Waals surface area (Å²) in [6.45, 7) is 7.46. The maximum atomic E-state index is 6.02. The van der Waals surface area contributed by atoms with Crippen molar-refractivity contribution < 1.29 is 0 Å². The number of benzene rings is 1. The highest BCUT2D eigenvalue weighted by molar-refractivity contribution is 5.51. The summed E-state index contributed by atoms with van der Waals surface area (Å²) in [5.74, 6) is 0. The molecule has 1 heterocycles. The number of hydrogen-bond acceptors (Lipinski definition) is 2. The van der Waals surface area contributed by atoms with Crippen molar-refractivity contribution in [2.45, 2.75) is 26.8 Å². The molecule has 1 aliphatic rings. The van der Waals surface area contributed by atoms with E-state index in [1.54, 1.807) is 0 Å². The van der Waals surface area contributed by atoms with E-state index in [1.807, 2.05) is 6.07 Å². The first kappa shape index (κ1) is 11.2. The van der Waals surface area contributed by atoms with Crippen LogP contribution in [-0.4, -0.2) is 18.0 Å². The predicted molar refractivity (Wildman–Crippen MR) is 69.3 cm³/mol. The third-order valence-corrected chi connectivity index (χ3v) is 3.15. The van der Waals surface area contributed by atoms with Gasteiger partial charge < -0.3 is 5.73 Å². The van der Waals surface area contributed by atoms with Crippen molar-refractivity contribution in [2.24, 2.45) is 0 Å². The van der Waals surface area contributed by atoms with Crippen molar-refractivity contribution in [3.8, 4) is 0 Å². The van der Waals surface area contributed by atoms with Gasteiger partial charge in [0, 0.05) is 25.3 Å². The Bertz CT molecular complexity index is 403. The average molecular weight is 216 g/mol. The molecule has 0 amide bonds. The van der Waals surface area contributed by atoms with Crippen molar-refractivity contribution >= 4 is 5.69 Å². The normalized spacial score (nSPS) is 15.6. The Labute approximate surface area is 97.8 Å². The Balaban J connectivity index is 2.11. The van der Waals surface area contributed by atoms with Crippen molar-refractivity contribution in [1.82, 2.24) is 4.90 Å². The van der Waals surface area contributed by atoms with Crippen LogP contribution in [-0.2, 0) is 13.0 Å². The molecule has 0 fully saturated rings. The molecule has 1 aromatic rings. The van der Waals surface area contributed by atoms with Gasteiger partial charge in [-0.15, -0.1) is 0 Å². The molecule has 0 aromatic heterocycles. The van der Waals surface area contributed by atoms with Crippen LogP contribution in [0.2, 0.25) is 0 Å². The van der Waals surface area contributed by atoms with Gasteiger partial charge >= 0.3 is 0 Å². The molecule has 86 valence electrons. The third-order valence-electron chi connectivity index (χ3n) is 3.15. The maximum Gasteiger partial charge on any atom is 0.0362 e. The summed E-state index contributed by atoms with van der Waals surface area (Å²) in [5.41, 5.74) is 11.1. The third kappa shape index (κ3) is 2.45. The Morgan fingerprint density at radius 2 is 2.25 bits per heavy atom. The van der Waals surface area contributed by atoms with Gasteiger partial charge in [-0.25, -0.2) is 0 Å². The van der Waals surface area contributed by atoms with Crippen molar-refractivity contribution in [3.05, 3.63) is 41.0 Å². The monoisotopic (exact) mass is 216 g/mol. The van der Waals surface area contributed by atoms with E-state index in [-0.39, 0.29) is 0 Å². The fraction of sp³-hybridized carbons (Fsp3) is 0.429. The van der Waals surface area contributed by atoms with Crippen LogP contribution in [0.1, 0.15) is 25.0 Å². The van der Waals surface area contributed by atoms with Crippen molar-refractivity contribution in [3.63, 3.8) is 0 Å². The lowest BCUT2D eigenvalue weighted by molar-refractivity contribution is 0.282. The summed E-state index contributed by atoms with van der Waals surface area (Å²) in [5, 5.41) is 0. The van der Waals surface area contributed by atoms with Gasteiger partial charge in [0.25, 0.3) is 0 Å². The fourth-order valence-electron chi connectivity index (χ4n) is 2.13. The Morgan fingerprint density at radius 3 is 3.00 bits per heavy atom. The molecule has 1 aromatic carbocycles. The largest absolute Gasteiger partial charge is 0.398 e. The van der Waals surface area contributed by atoms with Gasteiger partial charge in [-0.1, -0.05) is 23.8 Å². The van der Waals surface area contributed by atoms with Gasteiger partial charge in [0.05, 0.1) is 0 Å². The minimum atomic E-state index is 0.944. The number of nitrogens with zero attached hydrogens (tertiary/aromatic N) is 1. The van der Waals surface area contributed by atoms with Crippen LogP contribution in [0.15, 0.2) is 29.8 Å². The molecule has 0 bridgehead atoms. The maximum absolute atomic E-state index is 6.02. The minimum absolute atomic E-state index is 0.944. The number of anilines is 1. The molecule has 16 heavy (non-hydrogen) atoms. The smallest absolute Gasteiger partial charge is 0.0362 e. The second-order valence-corrected chi connectivity index (χ2v) is 4.75. The molecule has 0 radical (unpaired) electrons. The average Bonchev–Trinajstić information content (AvgIpc) is 2.27. The van der Waals surface area contributed by atoms with Gasteiger partial charge in [0.1, 0.15) is 0 Å². The van der Waals surface area contributed by atoms with Crippen LogP contribution in [0.3, 0.4) is 0 Å². The number of hydrogen-bond donors (Lipinski definition) is 1. The molecule has 1 aliphatic heterocycles. The highest BCUT2D eigenvalue weighted by atomic mass is 15.1. The minimum Gasteiger partial charge on any atom is -0.398 e. The molecule has 0 saturated carbocycles. The topological polar surface area (TPSA) is 29.3 Å². The van der Waals surface area contributed by atoms with Crippen molar-refractivity contribution in [2.75, 3.05) is 18.8 Å². The number of nitrogen functional groups attached to an aromatic ring is 1. The first-order valence-corrected chi connectivity index (χ1v) is 5.89. The number of fused-ring (bicyclic) bond motifs is 1. The highest BCUT2D eigenvalue weighted by Gasteiger charge is 2.16. The van der Waals surface area contributed by atoms with Crippen LogP contribution in [0.4, 0.5) is 5.69 Å². The second kappa shape index (κ2) is 4.71. The molecule has 0 spiro atoms. The van der Waals surface area contributed by atoms with Crippen LogP contribution in [0, 0.1) is 0 Å². The SMILES string of the molecule is CC(C)=CCN1CCc2cccc(N)c2C1. The van der Waals surface area contributed by atoms with Gasteiger partial charge in [-0.05, 0) is 37.5 Å². The number of allylic oxidation sites excluding steroid dienone is 1. The Hall–Kier alpha value is -1.28. The molecule has 2 N–H and O–H groups in total. The molecule has 0 saturated heterocycles. The Morgan fingerprint density at radius 1 is 1.44 bits per heavy atom. The van der Waals surface area contributed by atoms with Gasteiger partial charge in [-0.2, -0.15) is 0 Å². The molecule has 0 unspecified atom stereocenters. The van der Waals surface area contributed by atoms with Crippen molar-refractivity contribution in [1.29, 1.82) is 0 Å². The lowest BCUT2D eigenvalue weighted by Gasteiger charge is -2.28. The van der Waals surface area contributed by atoms with E-state index in [9.17, 15) is 0 Å². The highest BCUT2D eigenvalue weighted by Crippen LogP contribution is 2.23. The zero-order valence-corrected chi connectivity index (χ0v) is 10.2. The lowest BCUT2D eigenvalue weighted by atomic mass is 9.98. The van der Waals surface area contributed by atoms with Crippen LogP contribution >= 0.6 is 0 Å². The molecule has 2 nitrogen and oxygen atoms in total. The molecule has 2 heteroatoms. The molecule has 2 rings (SSSR count). The molecular weight excluding hydrogens is 196 g/mol. The van der Waals surface area contributed by atoms with Crippen LogP contribution in [0.25, 0.3) is 0 Å². The van der Waals surface area contributed by atoms with Gasteiger partial charge in [-0.3, -0.25) is 4.90 Å². The first-order chi connectivity index (χ1) is 7.66. The van der Waals surface area contributed by atoms with E-state index < -0.39 is 0 Å². The van der Waals surface area contributed by atoms with E-state index in [1.165, 1.54) is 16.7 Å². The lowest BCUT2D eigenvalue weighted by Crippen LogP contribution is -2.31. The molecule has 0 atom stereocenters. The molecular formula is C14H20N2. The number of rotatable bonds is 2. The van der Waals surface area contributed by atoms with E-state index in [0.717, 1.165) is 31.7 Å². The van der Waals surface area contributed by atoms with Gasteiger partial charge in [0.2, 0.25) is 0 Å². The van der Waals surface area contributed by atoms with E-state index in [4.69, 9.17) is 5.73 Å². The first-order valence-electron chi connectivity index (χ1n) is 5.89. The van der Waals surface area contributed by atoms with E-state index in [0.29, 0.717) is 0 Å². The van der Waals surface area contributed by atoms with E-state index >= 15 is 0 Å². The number of nitrogens with two attached hydrogens (primary N) is 1. The fourth-order valence-corrected chi connectivity index (χ4v) is 2.13. The quantitative estimate of drug-likeness (QED) is 0.608. The summed E-state index contributed by atoms with van der Waals surface area (Å²) in [4.78, 5) is 2.45. The predicted octanol–water partition coefficient (Wildman–Crippen LogP) is 2.59. The summed E-state index contributed by atoms with van der Waals surface area (Å²) >= 11 is 0. The van der Waals surface area contributed by atoms with E-state index in [2.05, 4.69) is 37.0 Å². The zero-order valence-electron chi connectivity index (χ0n) is 10.2. The summed E-state index contributed by atoms with van der Waals surface area (Å²) in [7, 11) is 0. The summed E-state index contributed by atoms with van der Waals surface area (Å²) in [6, 6.07) is 6.26. The zero-order chi connectivity index (χ0) is 11.5. The molecule has 0 aliphatic carbocycles. The van der Waals surface area contributed by atoms with Crippen LogP contribution in [0.5, 0.6) is 0 Å². The Kier molecular flexibility index (Phi) is 3.30. The van der Waals surface area contributed by atoms with Crippen LogP contribution < -0.4 is 5.73 Å². The second-order valence-electron chi connectivity index (χ2n) is 4.75.